The molecule has 1 saturated carbocycles. The number of hydrogen-bond donors (Lipinski definition) is 3. The first kappa shape index (κ1) is 46.9. The summed E-state index contributed by atoms with van der Waals surface area (Å²) in [6, 6.07) is -1.14. The molecule has 0 aromatic rings. The fourth-order valence-electron chi connectivity index (χ4n) is 9.42. The summed E-state index contributed by atoms with van der Waals surface area (Å²) in [7, 11) is 4.61. The van der Waals surface area contributed by atoms with Gasteiger partial charge < -0.3 is 43.9 Å². The molecule has 4 aliphatic rings. The first-order valence-corrected chi connectivity index (χ1v) is 20.9. The number of amides is 1. The normalized spacial score (nSPS) is 41.0. The number of esters is 1. The summed E-state index contributed by atoms with van der Waals surface area (Å²) in [5.41, 5.74) is 1.61. The van der Waals surface area contributed by atoms with Gasteiger partial charge in [0.1, 0.15) is 24.0 Å². The highest BCUT2D eigenvalue weighted by molar-refractivity contribution is 6.39. The third kappa shape index (κ3) is 11.3. The first-order chi connectivity index (χ1) is 27.0. The lowest BCUT2D eigenvalue weighted by molar-refractivity contribution is -0.302. The lowest BCUT2D eigenvalue weighted by Crippen LogP contribution is -2.64. The van der Waals surface area contributed by atoms with E-state index in [1.165, 1.54) is 19.1 Å². The van der Waals surface area contributed by atoms with E-state index in [1.807, 2.05) is 32.9 Å². The quantitative estimate of drug-likeness (QED) is 0.185. The molecule has 57 heavy (non-hydrogen) atoms. The molecule has 2 bridgehead atoms. The third-order valence-electron chi connectivity index (χ3n) is 12.9. The highest BCUT2D eigenvalue weighted by Crippen LogP contribution is 2.39. The molecular weight excluding hydrogens is 734 g/mol. The number of rotatable bonds is 7. The minimum absolute atomic E-state index is 0.00988. The molecule has 2 unspecified atom stereocenters. The summed E-state index contributed by atoms with van der Waals surface area (Å²) >= 11 is 0. The van der Waals surface area contributed by atoms with E-state index in [1.54, 1.807) is 27.0 Å². The number of methoxy groups -OCH3 is 3. The second-order valence-corrected chi connectivity index (χ2v) is 17.3. The lowest BCUT2D eigenvalue weighted by Gasteiger charge is -2.47. The molecule has 2 saturated heterocycles. The van der Waals surface area contributed by atoms with E-state index in [-0.39, 0.29) is 49.5 Å². The van der Waals surface area contributed by atoms with E-state index in [0.717, 1.165) is 5.57 Å². The van der Waals surface area contributed by atoms with Crippen molar-refractivity contribution < 1.29 is 58.2 Å². The van der Waals surface area contributed by atoms with Crippen LogP contribution < -0.4 is 0 Å². The summed E-state index contributed by atoms with van der Waals surface area (Å²) in [6.45, 7) is 13.1. The minimum Gasteiger partial charge on any atom is -0.456 e. The zero-order chi connectivity index (χ0) is 42.2. The third-order valence-corrected chi connectivity index (χ3v) is 12.9. The van der Waals surface area contributed by atoms with Crippen molar-refractivity contribution in [1.82, 2.24) is 4.90 Å². The molecule has 3 N–H and O–H groups in total. The van der Waals surface area contributed by atoms with Gasteiger partial charge in [-0.05, 0) is 95.5 Å². The number of aliphatic hydroxyl groups is 3. The lowest BCUT2D eigenvalue weighted by atomic mass is 9.81. The number of carbonyl (C=O) groups excluding carboxylic acids is 4. The molecule has 0 aromatic heterocycles. The van der Waals surface area contributed by atoms with Gasteiger partial charge in [0.25, 0.3) is 11.7 Å². The van der Waals surface area contributed by atoms with Gasteiger partial charge in [-0.3, -0.25) is 14.4 Å². The molecule has 322 valence electrons. The van der Waals surface area contributed by atoms with Crippen LogP contribution in [0.2, 0.25) is 0 Å². The maximum absolute atomic E-state index is 14.3. The van der Waals surface area contributed by atoms with Crippen LogP contribution in [0.25, 0.3) is 0 Å². The molecule has 0 aromatic carbocycles. The second-order valence-electron chi connectivity index (χ2n) is 17.3. The fourth-order valence-corrected chi connectivity index (χ4v) is 9.42. The van der Waals surface area contributed by atoms with Crippen LogP contribution in [-0.2, 0) is 42.9 Å². The van der Waals surface area contributed by atoms with Crippen molar-refractivity contribution in [3.63, 3.8) is 0 Å². The smallest absolute Gasteiger partial charge is 0.329 e. The Morgan fingerprint density at radius 2 is 1.60 bits per heavy atom. The highest BCUT2D eigenvalue weighted by atomic mass is 16.7. The fraction of sp³-hybridized carbons (Fsp3) is 0.773. The standard InChI is InChI=1S/C44H69NO12/c1-10-13-31-19-25(2)18-26(3)20-37(54-8)40-38(55-9)22-28(5)44(52,57-40)41(49)42(50)45-17-12-11-14-32(45)43(51)56-39(29(6)34(47)24-35(31)48)27(4)21-30-15-16-33(46)36(23-30)53-7/h10,19,21,26,28-34,36-40,46-47,52H,1,11-18,20,22-24H2,2-9H3/b25-19+,27-21+/t26-,28+,29+,30-,31+,32?,33+,34-,36+,37-,38-,39+,40?,44+/m0/s1. The SMILES string of the molecule is C=CC[C@@H]1/C=C(\C)C[C@H](C)C[C@H](OC)C2O[C@@](O)(C(=O)C(=O)N3CCCCC3C(=O)O[C@H](/C(C)=C/[C@@H]3CC[C@@H](O)[C@H](OC)C3)[C@H](C)[C@@H](O)CC1=O)[C@H](C)C[C@@H]2OC. The summed E-state index contributed by atoms with van der Waals surface area (Å²) in [5, 5.41) is 34.1. The van der Waals surface area contributed by atoms with Crippen LogP contribution in [0.4, 0.5) is 0 Å². The molecule has 3 aliphatic heterocycles. The van der Waals surface area contributed by atoms with Crippen LogP contribution in [0.1, 0.15) is 105 Å². The molecule has 13 heteroatoms. The molecule has 3 fully saturated rings. The molecule has 1 amide bonds. The van der Waals surface area contributed by atoms with E-state index >= 15 is 0 Å². The summed E-state index contributed by atoms with van der Waals surface area (Å²) < 4.78 is 29.7. The van der Waals surface area contributed by atoms with E-state index in [4.69, 9.17) is 23.7 Å². The van der Waals surface area contributed by atoms with E-state index in [2.05, 4.69) is 6.58 Å². The van der Waals surface area contributed by atoms with Crippen LogP contribution in [0.15, 0.2) is 36.0 Å². The topological polar surface area (TPSA) is 178 Å². The van der Waals surface area contributed by atoms with Crippen LogP contribution in [0.5, 0.6) is 0 Å². The van der Waals surface area contributed by atoms with Gasteiger partial charge in [-0.2, -0.15) is 0 Å². The van der Waals surface area contributed by atoms with Crippen LogP contribution in [0, 0.1) is 29.6 Å². The number of piperidine rings is 1. The average Bonchev–Trinajstić information content (AvgIpc) is 3.18. The van der Waals surface area contributed by atoms with Crippen LogP contribution in [0.3, 0.4) is 0 Å². The largest absolute Gasteiger partial charge is 0.456 e. The van der Waals surface area contributed by atoms with Crippen LogP contribution >= 0.6 is 0 Å². The number of ether oxygens (including phenoxy) is 5. The Kier molecular flexibility index (Phi) is 17.2. The molecular formula is C44H69NO12. The number of carbonyl (C=O) groups is 4. The number of fused-ring (bicyclic) bond motifs is 3. The Morgan fingerprint density at radius 3 is 2.25 bits per heavy atom. The van der Waals surface area contributed by atoms with Crippen LogP contribution in [-0.4, -0.2) is 126 Å². The zero-order valence-electron chi connectivity index (χ0n) is 35.4. The predicted molar refractivity (Wildman–Crippen MR) is 213 cm³/mol. The number of ketones is 2. The van der Waals surface area contributed by atoms with E-state index in [0.29, 0.717) is 56.9 Å². The molecule has 4 rings (SSSR count). The van der Waals surface area contributed by atoms with Gasteiger partial charge in [-0.1, -0.05) is 44.6 Å². The van der Waals surface area contributed by atoms with Crippen molar-refractivity contribution in [2.75, 3.05) is 27.9 Å². The Labute approximate surface area is 339 Å². The number of Topliss-reactive ketones (excluding diaryl/α,β-unsaturated/α-hetero) is 2. The molecule has 0 spiro atoms. The number of cyclic esters (lactones) is 1. The highest BCUT2D eigenvalue weighted by Gasteiger charge is 2.56. The first-order valence-electron chi connectivity index (χ1n) is 20.9. The van der Waals surface area contributed by atoms with Gasteiger partial charge >= 0.3 is 5.97 Å². The maximum atomic E-state index is 14.3. The van der Waals surface area contributed by atoms with E-state index in [9.17, 15) is 34.5 Å². The minimum atomic E-state index is -2.51. The maximum Gasteiger partial charge on any atom is 0.329 e. The average molecular weight is 804 g/mol. The second kappa shape index (κ2) is 21.0. The summed E-state index contributed by atoms with van der Waals surface area (Å²) in [5.74, 6) is -7.76. The molecule has 14 atom stereocenters. The molecule has 1 aliphatic carbocycles. The van der Waals surface area contributed by atoms with Crippen molar-refractivity contribution in [2.45, 2.75) is 160 Å². The van der Waals surface area contributed by atoms with Gasteiger partial charge in [0.2, 0.25) is 5.79 Å². The summed E-state index contributed by atoms with van der Waals surface area (Å²) in [6.07, 6.45) is 4.93. The van der Waals surface area contributed by atoms with Gasteiger partial charge in [-0.15, -0.1) is 6.58 Å². The van der Waals surface area contributed by atoms with Crippen molar-refractivity contribution in [3.05, 3.63) is 36.0 Å². The zero-order valence-corrected chi connectivity index (χ0v) is 35.4. The molecule has 3 heterocycles. The summed E-state index contributed by atoms with van der Waals surface area (Å²) in [4.78, 5) is 57.8. The number of hydrogen-bond acceptors (Lipinski definition) is 12. The Hall–Kier alpha value is -2.78. The molecule has 13 nitrogen and oxygen atoms in total. The Bertz CT molecular complexity index is 1480. The Balaban J connectivity index is 1.78. The van der Waals surface area contributed by atoms with Gasteiger partial charge in [0, 0.05) is 52.0 Å². The van der Waals surface area contributed by atoms with Gasteiger partial charge in [-0.25, -0.2) is 4.79 Å². The Morgan fingerprint density at radius 1 is 0.930 bits per heavy atom. The number of aliphatic hydroxyl groups excluding tert-OH is 2. The monoisotopic (exact) mass is 803 g/mol. The van der Waals surface area contributed by atoms with Gasteiger partial charge in [0.15, 0.2) is 0 Å². The number of allylic oxidation sites excluding steroid dienone is 4. The van der Waals surface area contributed by atoms with E-state index < -0.39 is 83.9 Å². The van der Waals surface area contributed by atoms with Crippen molar-refractivity contribution in [2.24, 2.45) is 29.6 Å². The predicted octanol–water partition coefficient (Wildman–Crippen LogP) is 4.64. The number of nitrogens with zero attached hydrogens (tertiary/aromatic N) is 1. The van der Waals surface area contributed by atoms with Crippen molar-refractivity contribution in [1.29, 1.82) is 0 Å². The van der Waals surface area contributed by atoms with Gasteiger partial charge in [0.05, 0.1) is 30.5 Å². The molecule has 0 radical (unpaired) electrons. The van der Waals surface area contributed by atoms with Crippen molar-refractivity contribution in [3.8, 4) is 0 Å². The van der Waals surface area contributed by atoms with Crippen molar-refractivity contribution >= 4 is 23.4 Å².